The van der Waals surface area contributed by atoms with Crippen LogP contribution in [0.4, 0.5) is 18.9 Å². The van der Waals surface area contributed by atoms with Gasteiger partial charge < -0.3 is 5.32 Å². The summed E-state index contributed by atoms with van der Waals surface area (Å²) >= 11 is 0. The van der Waals surface area contributed by atoms with Gasteiger partial charge in [0.25, 0.3) is 0 Å². The number of anilines is 1. The molecule has 1 N–H and O–H groups in total. The van der Waals surface area contributed by atoms with Gasteiger partial charge in [-0.3, -0.25) is 0 Å². The van der Waals surface area contributed by atoms with Crippen LogP contribution in [0.5, 0.6) is 0 Å². The maximum absolute atomic E-state index is 13.4. The first-order valence-electron chi connectivity index (χ1n) is 6.51. The molecule has 0 spiro atoms. The van der Waals surface area contributed by atoms with Crippen molar-refractivity contribution >= 4 is 5.69 Å². The predicted octanol–water partition coefficient (Wildman–Crippen LogP) is 4.71. The molecule has 0 aromatic heterocycles. The normalized spacial score (nSPS) is 12.2. The van der Waals surface area contributed by atoms with Crippen LogP contribution in [0.2, 0.25) is 0 Å². The molecule has 0 amide bonds. The number of halogens is 3. The van der Waals surface area contributed by atoms with E-state index in [1.54, 1.807) is 0 Å². The van der Waals surface area contributed by atoms with Crippen molar-refractivity contribution in [3.05, 3.63) is 65.5 Å². The van der Waals surface area contributed by atoms with Gasteiger partial charge in [-0.25, -0.2) is 13.2 Å². The van der Waals surface area contributed by atoms with Crippen LogP contribution >= 0.6 is 0 Å². The zero-order valence-corrected chi connectivity index (χ0v) is 11.2. The zero-order chi connectivity index (χ0) is 14.5. The highest BCUT2D eigenvalue weighted by atomic mass is 19.2. The third-order valence-corrected chi connectivity index (χ3v) is 3.27. The van der Waals surface area contributed by atoms with Crippen molar-refractivity contribution in [2.24, 2.45) is 0 Å². The average Bonchev–Trinajstić information content (AvgIpc) is 2.45. The van der Waals surface area contributed by atoms with Gasteiger partial charge in [0.2, 0.25) is 0 Å². The van der Waals surface area contributed by atoms with Gasteiger partial charge in [0.1, 0.15) is 5.82 Å². The quantitative estimate of drug-likeness (QED) is 0.782. The van der Waals surface area contributed by atoms with Gasteiger partial charge in [-0.15, -0.1) is 0 Å². The maximum Gasteiger partial charge on any atom is 0.161 e. The van der Waals surface area contributed by atoms with Crippen LogP contribution in [0.25, 0.3) is 0 Å². The molecule has 0 saturated heterocycles. The van der Waals surface area contributed by atoms with Crippen molar-refractivity contribution < 1.29 is 13.2 Å². The van der Waals surface area contributed by atoms with Crippen LogP contribution in [0.1, 0.15) is 24.8 Å². The molecular weight excluding hydrogens is 263 g/mol. The van der Waals surface area contributed by atoms with Gasteiger partial charge in [0, 0.05) is 18.7 Å². The van der Waals surface area contributed by atoms with Crippen molar-refractivity contribution in [2.75, 3.05) is 11.9 Å². The lowest BCUT2D eigenvalue weighted by Crippen LogP contribution is -2.08. The second-order valence-corrected chi connectivity index (χ2v) is 4.77. The van der Waals surface area contributed by atoms with E-state index in [0.717, 1.165) is 12.5 Å². The number of benzene rings is 2. The molecule has 2 aromatic rings. The minimum absolute atomic E-state index is 0.0100. The fourth-order valence-corrected chi connectivity index (χ4v) is 2.03. The van der Waals surface area contributed by atoms with Gasteiger partial charge >= 0.3 is 0 Å². The molecule has 2 aromatic carbocycles. The highest BCUT2D eigenvalue weighted by Crippen LogP contribution is 2.21. The summed E-state index contributed by atoms with van der Waals surface area (Å²) in [4.78, 5) is 0. The third-order valence-electron chi connectivity index (χ3n) is 3.27. The Morgan fingerprint density at radius 3 is 2.30 bits per heavy atom. The van der Waals surface area contributed by atoms with Gasteiger partial charge in [-0.05, 0) is 17.9 Å². The van der Waals surface area contributed by atoms with Crippen LogP contribution in [0, 0.1) is 17.5 Å². The van der Waals surface area contributed by atoms with E-state index in [2.05, 4.69) is 12.2 Å². The maximum atomic E-state index is 13.4. The average molecular weight is 279 g/mol. The molecule has 20 heavy (non-hydrogen) atoms. The Hall–Kier alpha value is -1.97. The number of rotatable bonds is 5. The summed E-state index contributed by atoms with van der Waals surface area (Å²) < 4.78 is 39.2. The van der Waals surface area contributed by atoms with Crippen molar-refractivity contribution in [3.63, 3.8) is 0 Å². The summed E-state index contributed by atoms with van der Waals surface area (Å²) in [5, 5.41) is 2.80. The van der Waals surface area contributed by atoms with E-state index >= 15 is 0 Å². The lowest BCUT2D eigenvalue weighted by atomic mass is 9.98. The van der Waals surface area contributed by atoms with Crippen molar-refractivity contribution in [1.82, 2.24) is 0 Å². The summed E-state index contributed by atoms with van der Waals surface area (Å²) in [6, 6.07) is 11.3. The van der Waals surface area contributed by atoms with Crippen LogP contribution in [-0.4, -0.2) is 6.54 Å². The highest BCUT2D eigenvalue weighted by Gasteiger charge is 2.10. The van der Waals surface area contributed by atoms with Crippen LogP contribution < -0.4 is 5.32 Å². The Labute approximate surface area is 116 Å². The monoisotopic (exact) mass is 279 g/mol. The largest absolute Gasteiger partial charge is 0.383 e. The molecule has 4 heteroatoms. The lowest BCUT2D eigenvalue weighted by molar-refractivity contribution is 0.496. The molecular formula is C16H16F3N. The molecule has 1 unspecified atom stereocenters. The first-order valence-corrected chi connectivity index (χ1v) is 6.51. The summed E-state index contributed by atoms with van der Waals surface area (Å²) in [6.45, 7) is 2.55. The Balaban J connectivity index is 1.92. The molecule has 106 valence electrons. The number of hydrogen-bond acceptors (Lipinski definition) is 1. The number of hydrogen-bond donors (Lipinski definition) is 1. The fourth-order valence-electron chi connectivity index (χ4n) is 2.03. The van der Waals surface area contributed by atoms with Crippen LogP contribution in [-0.2, 0) is 0 Å². The number of nitrogens with one attached hydrogen (secondary N) is 1. The second-order valence-electron chi connectivity index (χ2n) is 4.77. The molecule has 0 aliphatic carbocycles. The summed E-state index contributed by atoms with van der Waals surface area (Å²) in [5.41, 5.74) is 1.18. The third kappa shape index (κ3) is 3.53. The molecule has 0 bridgehead atoms. The van der Waals surface area contributed by atoms with Crippen LogP contribution in [0.15, 0.2) is 42.5 Å². The second kappa shape index (κ2) is 6.46. The predicted molar refractivity (Wildman–Crippen MR) is 74.3 cm³/mol. The molecule has 2 rings (SSSR count). The minimum atomic E-state index is -1.18. The molecule has 0 aliphatic heterocycles. The summed E-state index contributed by atoms with van der Waals surface area (Å²) in [7, 11) is 0. The first kappa shape index (κ1) is 14.4. The van der Waals surface area contributed by atoms with Crippen molar-refractivity contribution in [2.45, 2.75) is 19.3 Å². The van der Waals surface area contributed by atoms with E-state index in [4.69, 9.17) is 0 Å². The molecule has 0 heterocycles. The molecule has 1 nitrogen and oxygen atoms in total. The fraction of sp³-hybridized carbons (Fsp3) is 0.250. The minimum Gasteiger partial charge on any atom is -0.383 e. The lowest BCUT2D eigenvalue weighted by Gasteiger charge is -2.13. The van der Waals surface area contributed by atoms with Crippen LogP contribution in [0.3, 0.4) is 0 Å². The molecule has 0 radical (unpaired) electrons. The molecule has 0 aliphatic rings. The molecule has 0 fully saturated rings. The topological polar surface area (TPSA) is 12.0 Å². The summed E-state index contributed by atoms with van der Waals surface area (Å²) in [6.07, 6.45) is 0.766. The van der Waals surface area contributed by atoms with E-state index in [0.29, 0.717) is 18.5 Å². The van der Waals surface area contributed by atoms with E-state index in [1.807, 2.05) is 30.3 Å². The van der Waals surface area contributed by atoms with Gasteiger partial charge in [-0.1, -0.05) is 37.3 Å². The van der Waals surface area contributed by atoms with Gasteiger partial charge in [0.05, 0.1) is 5.69 Å². The Kier molecular flexibility index (Phi) is 4.66. The van der Waals surface area contributed by atoms with E-state index in [-0.39, 0.29) is 5.69 Å². The Bertz CT molecular complexity index is 569. The van der Waals surface area contributed by atoms with E-state index in [9.17, 15) is 13.2 Å². The molecule has 1 atom stereocenters. The Morgan fingerprint density at radius 1 is 0.950 bits per heavy atom. The van der Waals surface area contributed by atoms with Gasteiger partial charge in [0.15, 0.2) is 11.6 Å². The van der Waals surface area contributed by atoms with Crippen molar-refractivity contribution in [3.8, 4) is 0 Å². The molecule has 0 saturated carbocycles. The highest BCUT2D eigenvalue weighted by molar-refractivity contribution is 5.45. The smallest absolute Gasteiger partial charge is 0.161 e. The Morgan fingerprint density at radius 2 is 1.60 bits per heavy atom. The SMILES string of the molecule is CC(CCNc1cc(F)c(F)cc1F)c1ccccc1. The standard InChI is InChI=1S/C16H16F3N/c1-11(12-5-3-2-4-6-12)7-8-20-16-10-14(18)13(17)9-15(16)19/h2-6,9-11,20H,7-8H2,1H3. The van der Waals surface area contributed by atoms with E-state index in [1.165, 1.54) is 5.56 Å². The van der Waals surface area contributed by atoms with Crippen molar-refractivity contribution in [1.29, 1.82) is 0 Å². The zero-order valence-electron chi connectivity index (χ0n) is 11.2. The van der Waals surface area contributed by atoms with Gasteiger partial charge in [-0.2, -0.15) is 0 Å². The van der Waals surface area contributed by atoms with E-state index < -0.39 is 17.5 Å². The first-order chi connectivity index (χ1) is 9.58. The summed E-state index contributed by atoms with van der Waals surface area (Å²) in [5.74, 6) is -2.70.